The minimum absolute atomic E-state index is 0.0851. The van der Waals surface area contributed by atoms with Gasteiger partial charge in [-0.3, -0.25) is 14.5 Å². The van der Waals surface area contributed by atoms with Crippen molar-refractivity contribution in [1.82, 2.24) is 9.47 Å². The van der Waals surface area contributed by atoms with Crippen molar-refractivity contribution in [3.05, 3.63) is 117 Å². The van der Waals surface area contributed by atoms with Crippen LogP contribution in [0.4, 0.5) is 5.69 Å². The van der Waals surface area contributed by atoms with Gasteiger partial charge in [0.15, 0.2) is 0 Å². The molecule has 0 radical (unpaired) electrons. The number of nitrogens with zero attached hydrogens (tertiary/aromatic N) is 3. The monoisotopic (exact) mass is 565 g/mol. The van der Waals surface area contributed by atoms with Crippen LogP contribution in [0.15, 0.2) is 85.1 Å². The Kier molecular flexibility index (Phi) is 7.80. The third-order valence-electron chi connectivity index (χ3n) is 6.74. The van der Waals surface area contributed by atoms with Gasteiger partial charge in [-0.1, -0.05) is 72.4 Å². The first-order chi connectivity index (χ1) is 18.4. The van der Waals surface area contributed by atoms with Crippen LogP contribution < -0.4 is 4.90 Å². The highest BCUT2D eigenvalue weighted by molar-refractivity contribution is 6.42. The van der Waals surface area contributed by atoms with Crippen molar-refractivity contribution in [1.29, 1.82) is 0 Å². The van der Waals surface area contributed by atoms with Gasteiger partial charge in [-0.15, -0.1) is 0 Å². The molecule has 5 nitrogen and oxygen atoms in total. The maximum Gasteiger partial charge on any atom is 0.254 e. The SMILES string of the molecule is CCCCN(CC(=O)N1c2ccccc2-n2cccc2C1c1ccc(Cl)cc1)C(=O)c1ccc(Cl)c(Cl)c1. The van der Waals surface area contributed by atoms with Crippen molar-refractivity contribution in [2.45, 2.75) is 25.8 Å². The lowest BCUT2D eigenvalue weighted by Crippen LogP contribution is -2.47. The van der Waals surface area contributed by atoms with Gasteiger partial charge in [0.2, 0.25) is 5.91 Å². The van der Waals surface area contributed by atoms with Gasteiger partial charge >= 0.3 is 0 Å². The Morgan fingerprint density at radius 3 is 2.32 bits per heavy atom. The molecule has 1 atom stereocenters. The molecule has 2 heterocycles. The number of rotatable bonds is 7. The zero-order valence-corrected chi connectivity index (χ0v) is 23.0. The molecule has 0 aliphatic carbocycles. The summed E-state index contributed by atoms with van der Waals surface area (Å²) in [5.74, 6) is -0.448. The fraction of sp³-hybridized carbons (Fsp3) is 0.200. The van der Waals surface area contributed by atoms with Crippen LogP contribution in [0.2, 0.25) is 15.1 Å². The molecule has 5 rings (SSSR count). The predicted molar refractivity (Wildman–Crippen MR) is 154 cm³/mol. The zero-order chi connectivity index (χ0) is 26.8. The second-order valence-electron chi connectivity index (χ2n) is 9.22. The van der Waals surface area contributed by atoms with E-state index in [2.05, 4.69) is 11.5 Å². The Morgan fingerprint density at radius 1 is 0.868 bits per heavy atom. The number of aromatic nitrogens is 1. The molecule has 1 aliphatic heterocycles. The summed E-state index contributed by atoms with van der Waals surface area (Å²) in [6.45, 7) is 2.41. The van der Waals surface area contributed by atoms with Gasteiger partial charge in [-0.25, -0.2) is 0 Å². The van der Waals surface area contributed by atoms with E-state index >= 15 is 0 Å². The second kappa shape index (κ2) is 11.2. The quantitative estimate of drug-likeness (QED) is 0.229. The fourth-order valence-corrected chi connectivity index (χ4v) is 5.30. The molecule has 2 amide bonds. The number of carbonyl (C=O) groups is 2. The molecule has 194 valence electrons. The molecule has 0 N–H and O–H groups in total. The maximum atomic E-state index is 14.2. The van der Waals surface area contributed by atoms with Gasteiger partial charge in [0, 0.05) is 23.3 Å². The van der Waals surface area contributed by atoms with E-state index in [1.165, 1.54) is 0 Å². The Hall–Kier alpha value is -3.25. The number of carbonyl (C=O) groups excluding carboxylic acids is 2. The van der Waals surface area contributed by atoms with Crippen molar-refractivity contribution >= 4 is 52.3 Å². The number of amides is 2. The highest BCUT2D eigenvalue weighted by Crippen LogP contribution is 2.42. The average Bonchev–Trinajstić information content (AvgIpc) is 3.42. The van der Waals surface area contributed by atoms with E-state index < -0.39 is 6.04 Å². The molecule has 0 bridgehead atoms. The lowest BCUT2D eigenvalue weighted by atomic mass is 9.97. The number of unbranched alkanes of at least 4 members (excludes halogenated alkanes) is 1. The van der Waals surface area contributed by atoms with E-state index in [1.807, 2.05) is 66.9 Å². The minimum Gasteiger partial charge on any atom is -0.329 e. The Labute approximate surface area is 237 Å². The largest absolute Gasteiger partial charge is 0.329 e. The van der Waals surface area contributed by atoms with E-state index in [0.717, 1.165) is 35.5 Å². The first-order valence-corrected chi connectivity index (χ1v) is 13.6. The topological polar surface area (TPSA) is 45.6 Å². The predicted octanol–water partition coefficient (Wildman–Crippen LogP) is 7.82. The molecule has 1 aromatic heterocycles. The zero-order valence-electron chi connectivity index (χ0n) is 20.8. The van der Waals surface area contributed by atoms with Crippen LogP contribution in [0.25, 0.3) is 5.69 Å². The number of hydrogen-bond donors (Lipinski definition) is 0. The van der Waals surface area contributed by atoms with E-state index in [0.29, 0.717) is 27.2 Å². The van der Waals surface area contributed by atoms with Crippen LogP contribution in [0.3, 0.4) is 0 Å². The maximum absolute atomic E-state index is 14.2. The molecular formula is C30H26Cl3N3O2. The van der Waals surface area contributed by atoms with Gasteiger partial charge in [0.1, 0.15) is 12.6 Å². The number of para-hydroxylation sites is 2. The van der Waals surface area contributed by atoms with Gasteiger partial charge < -0.3 is 9.47 Å². The first kappa shape index (κ1) is 26.4. The summed E-state index contributed by atoms with van der Waals surface area (Å²) in [6.07, 6.45) is 3.65. The van der Waals surface area contributed by atoms with Gasteiger partial charge in [-0.05, 0) is 66.6 Å². The Balaban J connectivity index is 1.55. The molecule has 0 spiro atoms. The summed E-state index contributed by atoms with van der Waals surface area (Å²) in [4.78, 5) is 31.2. The number of hydrogen-bond acceptors (Lipinski definition) is 2. The molecule has 0 saturated heterocycles. The van der Waals surface area contributed by atoms with Gasteiger partial charge in [0.25, 0.3) is 5.91 Å². The van der Waals surface area contributed by atoms with Crippen LogP contribution in [-0.4, -0.2) is 34.4 Å². The number of fused-ring (bicyclic) bond motifs is 3. The molecule has 4 aromatic rings. The lowest BCUT2D eigenvalue weighted by molar-refractivity contribution is -0.119. The number of anilines is 1. The van der Waals surface area contributed by atoms with E-state index in [9.17, 15) is 9.59 Å². The first-order valence-electron chi connectivity index (χ1n) is 12.5. The van der Waals surface area contributed by atoms with Crippen molar-refractivity contribution in [3.8, 4) is 5.69 Å². The van der Waals surface area contributed by atoms with E-state index in [1.54, 1.807) is 28.0 Å². The molecule has 38 heavy (non-hydrogen) atoms. The van der Waals surface area contributed by atoms with Crippen molar-refractivity contribution < 1.29 is 9.59 Å². The molecule has 1 unspecified atom stereocenters. The van der Waals surface area contributed by atoms with Crippen LogP contribution in [0.1, 0.15) is 47.4 Å². The normalized spacial score (nSPS) is 14.1. The summed E-state index contributed by atoms with van der Waals surface area (Å²) < 4.78 is 2.11. The van der Waals surface area contributed by atoms with Gasteiger partial charge in [0.05, 0.1) is 27.1 Å². The van der Waals surface area contributed by atoms with Crippen LogP contribution in [0, 0.1) is 0 Å². The summed E-state index contributed by atoms with van der Waals surface area (Å²) in [6, 6.07) is 23.7. The van der Waals surface area contributed by atoms with E-state index in [4.69, 9.17) is 34.8 Å². The molecule has 0 saturated carbocycles. The Morgan fingerprint density at radius 2 is 1.61 bits per heavy atom. The third-order valence-corrected chi connectivity index (χ3v) is 7.73. The number of benzene rings is 3. The van der Waals surface area contributed by atoms with Gasteiger partial charge in [-0.2, -0.15) is 0 Å². The van der Waals surface area contributed by atoms with Crippen LogP contribution >= 0.6 is 34.8 Å². The molecule has 0 fully saturated rings. The highest BCUT2D eigenvalue weighted by Gasteiger charge is 2.37. The summed E-state index contributed by atoms with van der Waals surface area (Å²) >= 11 is 18.5. The van der Waals surface area contributed by atoms with E-state index in [-0.39, 0.29) is 18.4 Å². The average molecular weight is 567 g/mol. The van der Waals surface area contributed by atoms with Crippen LogP contribution in [0.5, 0.6) is 0 Å². The lowest BCUT2D eigenvalue weighted by Gasteiger charge is -2.39. The smallest absolute Gasteiger partial charge is 0.254 e. The fourth-order valence-electron chi connectivity index (χ4n) is 4.88. The highest BCUT2D eigenvalue weighted by atomic mass is 35.5. The summed E-state index contributed by atoms with van der Waals surface area (Å²) in [5.41, 5.74) is 3.95. The molecule has 8 heteroatoms. The van der Waals surface area contributed by atoms with Crippen LogP contribution in [-0.2, 0) is 4.79 Å². The van der Waals surface area contributed by atoms with Crippen molar-refractivity contribution in [2.24, 2.45) is 0 Å². The van der Waals surface area contributed by atoms with Crippen molar-refractivity contribution in [3.63, 3.8) is 0 Å². The minimum atomic E-state index is -0.391. The summed E-state index contributed by atoms with van der Waals surface area (Å²) in [7, 11) is 0. The summed E-state index contributed by atoms with van der Waals surface area (Å²) in [5, 5.41) is 1.29. The van der Waals surface area contributed by atoms with Crippen molar-refractivity contribution in [2.75, 3.05) is 18.0 Å². The Bertz CT molecular complexity index is 1480. The number of halogens is 3. The molecule has 1 aliphatic rings. The second-order valence-corrected chi connectivity index (χ2v) is 10.5. The molecular weight excluding hydrogens is 541 g/mol. The third kappa shape index (κ3) is 5.06. The standard InChI is InChI=1S/C30H26Cl3N3O2/c1-2-3-16-34(30(38)21-12-15-23(32)24(33)18-21)19-28(37)36-26-8-5-4-7-25(26)35-17-6-9-27(35)29(36)20-10-13-22(31)14-11-20/h4-15,17-18,29H,2-3,16,19H2,1H3. The molecule has 3 aromatic carbocycles.